The maximum absolute atomic E-state index is 10.4. The summed E-state index contributed by atoms with van der Waals surface area (Å²) in [5.41, 5.74) is 2.53. The third kappa shape index (κ3) is 3.30. The zero-order chi connectivity index (χ0) is 14.0. The van der Waals surface area contributed by atoms with E-state index in [4.69, 9.17) is 23.2 Å². The zero-order valence-corrected chi connectivity index (χ0v) is 12.4. The van der Waals surface area contributed by atoms with E-state index in [2.05, 4.69) is 5.10 Å². The molecule has 0 aliphatic rings. The highest BCUT2D eigenvalue weighted by atomic mass is 35.5. The molecule has 0 radical (unpaired) electrons. The Morgan fingerprint density at radius 3 is 2.74 bits per heavy atom. The van der Waals surface area contributed by atoms with Gasteiger partial charge in [0.15, 0.2) is 0 Å². The van der Waals surface area contributed by atoms with Crippen LogP contribution in [0.25, 0.3) is 0 Å². The lowest BCUT2D eigenvalue weighted by Gasteiger charge is -2.13. The first-order valence-corrected chi connectivity index (χ1v) is 6.93. The Balaban J connectivity index is 2.25. The summed E-state index contributed by atoms with van der Waals surface area (Å²) >= 11 is 12.1. The summed E-state index contributed by atoms with van der Waals surface area (Å²) in [6.45, 7) is 4.63. The van der Waals surface area contributed by atoms with Gasteiger partial charge in [-0.2, -0.15) is 5.10 Å². The van der Waals surface area contributed by atoms with Crippen molar-refractivity contribution in [2.24, 2.45) is 0 Å². The third-order valence-electron chi connectivity index (χ3n) is 3.00. The van der Waals surface area contributed by atoms with Crippen LogP contribution in [0.15, 0.2) is 24.3 Å². The highest BCUT2D eigenvalue weighted by Crippen LogP contribution is 2.26. The molecule has 1 aromatic carbocycles. The highest BCUT2D eigenvalue weighted by Gasteiger charge is 2.16. The van der Waals surface area contributed by atoms with E-state index in [0.717, 1.165) is 23.5 Å². The molecule has 1 atom stereocenters. The first kappa shape index (κ1) is 14.4. The van der Waals surface area contributed by atoms with Crippen LogP contribution in [0.5, 0.6) is 0 Å². The zero-order valence-electron chi connectivity index (χ0n) is 10.9. The quantitative estimate of drug-likeness (QED) is 0.932. The van der Waals surface area contributed by atoms with Crippen molar-refractivity contribution in [3.8, 4) is 0 Å². The molecule has 2 aromatic rings. The van der Waals surface area contributed by atoms with Gasteiger partial charge in [-0.25, -0.2) is 0 Å². The lowest BCUT2D eigenvalue weighted by Crippen LogP contribution is -2.10. The number of rotatable bonds is 4. The van der Waals surface area contributed by atoms with Gasteiger partial charge in [0.1, 0.15) is 0 Å². The second-order valence-electron chi connectivity index (χ2n) is 4.48. The van der Waals surface area contributed by atoms with Gasteiger partial charge in [0.05, 0.1) is 17.5 Å². The van der Waals surface area contributed by atoms with Crippen molar-refractivity contribution in [2.75, 3.05) is 0 Å². The van der Waals surface area contributed by atoms with Gasteiger partial charge >= 0.3 is 0 Å². The summed E-state index contributed by atoms with van der Waals surface area (Å²) in [5, 5.41) is 15.9. The van der Waals surface area contributed by atoms with E-state index in [0.29, 0.717) is 16.5 Å². The number of hydrogen-bond donors (Lipinski definition) is 1. The monoisotopic (exact) mass is 298 g/mol. The summed E-state index contributed by atoms with van der Waals surface area (Å²) in [7, 11) is 0. The van der Waals surface area contributed by atoms with Gasteiger partial charge in [0, 0.05) is 23.0 Å². The third-order valence-corrected chi connectivity index (χ3v) is 3.60. The van der Waals surface area contributed by atoms with E-state index < -0.39 is 6.10 Å². The van der Waals surface area contributed by atoms with Crippen LogP contribution in [-0.2, 0) is 13.0 Å². The van der Waals surface area contributed by atoms with Crippen LogP contribution in [0.1, 0.15) is 30.0 Å². The van der Waals surface area contributed by atoms with Gasteiger partial charge in [-0.05, 0) is 43.7 Å². The first-order valence-electron chi connectivity index (χ1n) is 6.17. The molecule has 3 nitrogen and oxygen atoms in total. The number of nitrogens with zero attached hydrogens (tertiary/aromatic N) is 2. The van der Waals surface area contributed by atoms with E-state index in [9.17, 15) is 5.11 Å². The number of halogens is 2. The molecular formula is C14H16Cl2N2O. The Hall–Kier alpha value is -1.03. The molecular weight excluding hydrogens is 283 g/mol. The van der Waals surface area contributed by atoms with Crippen LogP contribution in [-0.4, -0.2) is 14.9 Å². The number of aryl methyl sites for hydroxylation is 2. The van der Waals surface area contributed by atoms with Gasteiger partial charge in [-0.3, -0.25) is 4.68 Å². The molecule has 1 aromatic heterocycles. The van der Waals surface area contributed by atoms with E-state index in [1.54, 1.807) is 22.9 Å². The van der Waals surface area contributed by atoms with Crippen molar-refractivity contribution >= 4 is 23.2 Å². The van der Waals surface area contributed by atoms with Gasteiger partial charge in [-0.1, -0.05) is 23.2 Å². The van der Waals surface area contributed by atoms with Crippen molar-refractivity contribution in [3.05, 3.63) is 51.3 Å². The fourth-order valence-corrected chi connectivity index (χ4v) is 2.49. The molecule has 1 N–H and O–H groups in total. The Labute approximate surface area is 122 Å². The molecule has 0 fully saturated rings. The van der Waals surface area contributed by atoms with Crippen LogP contribution >= 0.6 is 23.2 Å². The first-order chi connectivity index (χ1) is 9.01. The molecule has 0 aliphatic carbocycles. The number of aliphatic hydroxyl groups is 1. The second-order valence-corrected chi connectivity index (χ2v) is 5.33. The molecule has 2 rings (SSSR count). The maximum atomic E-state index is 10.4. The van der Waals surface area contributed by atoms with Crippen LogP contribution in [0.2, 0.25) is 10.0 Å². The van der Waals surface area contributed by atoms with E-state index in [1.165, 1.54) is 0 Å². The smallest absolute Gasteiger partial charge is 0.0997 e. The molecule has 0 aliphatic heterocycles. The Morgan fingerprint density at radius 2 is 2.05 bits per heavy atom. The Morgan fingerprint density at radius 1 is 1.32 bits per heavy atom. The molecule has 5 heteroatoms. The molecule has 102 valence electrons. The van der Waals surface area contributed by atoms with Crippen LogP contribution < -0.4 is 0 Å². The fourth-order valence-electron chi connectivity index (χ4n) is 2.10. The van der Waals surface area contributed by atoms with Gasteiger partial charge in [0.25, 0.3) is 0 Å². The molecule has 0 saturated heterocycles. The molecule has 0 bridgehead atoms. The van der Waals surface area contributed by atoms with Gasteiger partial charge < -0.3 is 5.11 Å². The largest absolute Gasteiger partial charge is 0.386 e. The predicted molar refractivity (Wildman–Crippen MR) is 77.8 cm³/mol. The molecule has 1 unspecified atom stereocenters. The number of aliphatic hydroxyl groups excluding tert-OH is 1. The van der Waals surface area contributed by atoms with E-state index >= 15 is 0 Å². The second kappa shape index (κ2) is 5.95. The number of benzene rings is 1. The van der Waals surface area contributed by atoms with Crippen LogP contribution in [0, 0.1) is 6.92 Å². The SMILES string of the molecule is CCn1nc(C)cc1C(O)Cc1cc(Cl)ccc1Cl. The Bertz CT molecular complexity index is 581. The summed E-state index contributed by atoms with van der Waals surface area (Å²) in [6, 6.07) is 7.16. The average molecular weight is 299 g/mol. The number of aromatic nitrogens is 2. The minimum Gasteiger partial charge on any atom is -0.386 e. The number of hydrogen-bond acceptors (Lipinski definition) is 2. The standard InChI is InChI=1S/C14H16Cl2N2O/c1-3-18-13(6-9(2)17-18)14(19)8-10-7-11(15)4-5-12(10)16/h4-7,14,19H,3,8H2,1-2H3. The topological polar surface area (TPSA) is 38.0 Å². The van der Waals surface area contributed by atoms with Crippen molar-refractivity contribution in [2.45, 2.75) is 32.9 Å². The molecule has 0 spiro atoms. The van der Waals surface area contributed by atoms with Crippen LogP contribution in [0.3, 0.4) is 0 Å². The minimum absolute atomic E-state index is 0.421. The normalized spacial score (nSPS) is 12.7. The lowest BCUT2D eigenvalue weighted by molar-refractivity contribution is 0.167. The average Bonchev–Trinajstić information content (AvgIpc) is 2.75. The van der Waals surface area contributed by atoms with Gasteiger partial charge in [-0.15, -0.1) is 0 Å². The fraction of sp³-hybridized carbons (Fsp3) is 0.357. The van der Waals surface area contributed by atoms with Crippen LogP contribution in [0.4, 0.5) is 0 Å². The van der Waals surface area contributed by atoms with Gasteiger partial charge in [0.2, 0.25) is 0 Å². The van der Waals surface area contributed by atoms with Crippen molar-refractivity contribution in [1.82, 2.24) is 9.78 Å². The summed E-state index contributed by atoms with van der Waals surface area (Å²) in [6.07, 6.45) is -0.220. The maximum Gasteiger partial charge on any atom is 0.0997 e. The highest BCUT2D eigenvalue weighted by molar-refractivity contribution is 6.33. The molecule has 19 heavy (non-hydrogen) atoms. The summed E-state index contributed by atoms with van der Waals surface area (Å²) < 4.78 is 1.80. The van der Waals surface area contributed by atoms with Crippen molar-refractivity contribution < 1.29 is 5.11 Å². The molecule has 0 saturated carbocycles. The minimum atomic E-state index is -0.642. The molecule has 0 amide bonds. The summed E-state index contributed by atoms with van der Waals surface area (Å²) in [5.74, 6) is 0. The van der Waals surface area contributed by atoms with E-state index in [1.807, 2.05) is 19.9 Å². The molecule has 1 heterocycles. The predicted octanol–water partition coefficient (Wildman–Crippen LogP) is 3.79. The Kier molecular flexibility index (Phi) is 4.50. The lowest BCUT2D eigenvalue weighted by atomic mass is 10.1. The van der Waals surface area contributed by atoms with E-state index in [-0.39, 0.29) is 0 Å². The van der Waals surface area contributed by atoms with Crippen molar-refractivity contribution in [3.63, 3.8) is 0 Å². The summed E-state index contributed by atoms with van der Waals surface area (Å²) in [4.78, 5) is 0. The van der Waals surface area contributed by atoms with Crippen molar-refractivity contribution in [1.29, 1.82) is 0 Å².